The van der Waals surface area contributed by atoms with Crippen LogP contribution in [-0.2, 0) is 33.3 Å². The van der Waals surface area contributed by atoms with E-state index in [-0.39, 0.29) is 38.6 Å². The van der Waals surface area contributed by atoms with Gasteiger partial charge < -0.3 is 33.3 Å². The van der Waals surface area contributed by atoms with Crippen molar-refractivity contribution in [1.82, 2.24) is 0 Å². The van der Waals surface area contributed by atoms with Crippen molar-refractivity contribution in [1.29, 1.82) is 0 Å². The van der Waals surface area contributed by atoms with Crippen LogP contribution in [0.1, 0.15) is 284 Å². The summed E-state index contributed by atoms with van der Waals surface area (Å²) in [6.07, 6.45) is 82.1. The smallest absolute Gasteiger partial charge is 0.306 e. The summed E-state index contributed by atoms with van der Waals surface area (Å²) in [7, 11) is 5.92. The molecule has 0 aromatic heterocycles. The molecule has 2 atom stereocenters. The molecule has 0 aliphatic carbocycles. The van der Waals surface area contributed by atoms with E-state index in [2.05, 4.69) is 111 Å². The average molecular weight is 1130 g/mol. The number of esters is 2. The first-order valence-corrected chi connectivity index (χ1v) is 33.4. The average Bonchev–Trinajstić information content (AvgIpc) is 3.44. The molecular formula is C72H125NO8. The van der Waals surface area contributed by atoms with E-state index in [4.69, 9.17) is 18.9 Å². The summed E-state index contributed by atoms with van der Waals surface area (Å²) in [5.74, 6) is -2.29. The summed E-state index contributed by atoms with van der Waals surface area (Å²) in [6, 6.07) is 0. The second-order valence-corrected chi connectivity index (χ2v) is 23.3. The molecule has 0 N–H and O–H groups in total. The monoisotopic (exact) mass is 1130 g/mol. The Morgan fingerprint density at radius 1 is 0.370 bits per heavy atom. The number of quaternary nitrogens is 1. The van der Waals surface area contributed by atoms with Crippen molar-refractivity contribution < 1.29 is 42.9 Å². The van der Waals surface area contributed by atoms with Crippen LogP contribution in [0.25, 0.3) is 0 Å². The predicted octanol–water partition coefficient (Wildman–Crippen LogP) is 19.1. The zero-order valence-corrected chi connectivity index (χ0v) is 53.1. The first-order valence-electron chi connectivity index (χ1n) is 33.4. The Morgan fingerprint density at radius 3 is 0.988 bits per heavy atom. The molecule has 0 aliphatic rings. The lowest BCUT2D eigenvalue weighted by molar-refractivity contribution is -0.870. The summed E-state index contributed by atoms with van der Waals surface area (Å²) in [5.41, 5.74) is 0. The zero-order chi connectivity index (χ0) is 59.1. The molecule has 0 amide bonds. The summed E-state index contributed by atoms with van der Waals surface area (Å²) >= 11 is 0. The molecule has 2 unspecified atom stereocenters. The van der Waals surface area contributed by atoms with Crippen LogP contribution in [0.4, 0.5) is 0 Å². The summed E-state index contributed by atoms with van der Waals surface area (Å²) in [4.78, 5) is 37.4. The van der Waals surface area contributed by atoms with Gasteiger partial charge in [0.15, 0.2) is 12.4 Å². The Morgan fingerprint density at radius 2 is 0.667 bits per heavy atom. The number of carboxylic acids is 1. The third-order valence-electron chi connectivity index (χ3n) is 14.3. The van der Waals surface area contributed by atoms with E-state index >= 15 is 0 Å². The van der Waals surface area contributed by atoms with E-state index in [9.17, 15) is 19.5 Å². The maximum atomic E-state index is 12.9. The van der Waals surface area contributed by atoms with Gasteiger partial charge in [0, 0.05) is 12.8 Å². The molecule has 9 nitrogen and oxygen atoms in total. The first kappa shape index (κ1) is 77.2. The number of likely N-dealkylation sites (N-methyl/N-ethyl adjacent to an activating group) is 1. The number of nitrogens with zero attached hydrogens (tertiary/aromatic N) is 1. The maximum Gasteiger partial charge on any atom is 0.306 e. The Kier molecular flexibility index (Phi) is 59.3. The molecule has 81 heavy (non-hydrogen) atoms. The third-order valence-corrected chi connectivity index (χ3v) is 14.3. The number of aliphatic carboxylic acids is 1. The van der Waals surface area contributed by atoms with Crippen molar-refractivity contribution in [2.24, 2.45) is 0 Å². The second kappa shape index (κ2) is 62.3. The third kappa shape index (κ3) is 63.6. The molecule has 0 saturated heterocycles. The lowest BCUT2D eigenvalue weighted by Gasteiger charge is -2.26. The highest BCUT2D eigenvalue weighted by Gasteiger charge is 2.22. The van der Waals surface area contributed by atoms with Gasteiger partial charge in [-0.1, -0.05) is 278 Å². The van der Waals surface area contributed by atoms with Crippen molar-refractivity contribution >= 4 is 17.9 Å². The molecule has 0 aromatic rings. The van der Waals surface area contributed by atoms with Crippen LogP contribution in [-0.4, -0.2) is 82.3 Å². The predicted molar refractivity (Wildman–Crippen MR) is 343 cm³/mol. The summed E-state index contributed by atoms with van der Waals surface area (Å²) in [5, 5.41) is 11.8. The molecular weight excluding hydrogens is 1010 g/mol. The number of carbonyl (C=O) groups is 3. The fraction of sp³-hybridized carbons (Fsp3) is 0.736. The number of allylic oxidation sites excluding steroid dienone is 16. The van der Waals surface area contributed by atoms with Gasteiger partial charge in [0.25, 0.3) is 0 Å². The van der Waals surface area contributed by atoms with E-state index in [1.54, 1.807) is 0 Å². The van der Waals surface area contributed by atoms with Gasteiger partial charge in [-0.15, -0.1) is 0 Å². The second-order valence-electron chi connectivity index (χ2n) is 23.3. The Balaban J connectivity index is 4.00. The van der Waals surface area contributed by atoms with Gasteiger partial charge in [-0.3, -0.25) is 9.59 Å². The van der Waals surface area contributed by atoms with Gasteiger partial charge in [0.1, 0.15) is 13.2 Å². The molecule has 0 radical (unpaired) electrons. The van der Waals surface area contributed by atoms with Gasteiger partial charge in [0.2, 0.25) is 0 Å². The minimum absolute atomic E-state index is 0.144. The Labute approximate surface area is 499 Å². The fourth-order valence-electron chi connectivity index (χ4n) is 9.29. The van der Waals surface area contributed by atoms with Crippen molar-refractivity contribution in [2.45, 2.75) is 296 Å². The van der Waals surface area contributed by atoms with Crippen LogP contribution >= 0.6 is 0 Å². The van der Waals surface area contributed by atoms with Crippen LogP contribution in [0.15, 0.2) is 97.2 Å². The SMILES string of the molecule is CC/C=C\C/C=C\C/C=C\C/C=C\C/C=C\CCCCCCCCCCCCCCCCCCCCCCCCCC(=O)OC(COC(=O)CCCCCCCCC/C=C\C/C=C\C/C=C\CC)COC(OCC[N+](C)(C)C)C(=O)[O-]. The zero-order valence-electron chi connectivity index (χ0n) is 53.1. The topological polar surface area (TPSA) is 111 Å². The molecule has 0 heterocycles. The standard InChI is InChI=1S/C72H125NO8/c1-6-8-10-12-14-16-18-20-22-24-25-26-27-28-29-30-31-32-33-34-35-36-37-38-39-40-41-42-43-44-45-47-49-51-53-55-57-59-61-63-70(75)81-68(67-80-72(71(76)77)78-65-64-73(3,4)5)66-79-69(74)62-60-58-56-54-52-50-48-46-23-21-19-17-15-13-11-9-7-2/h8-11,14-17,20-23,25-26,28-29,68,72H,6-7,12-13,18-19,24,27,30-67H2,1-5H3/b10-8-,11-9-,16-14-,17-15-,22-20-,23-21-,26-25-,29-28-. The highest BCUT2D eigenvalue weighted by atomic mass is 16.7. The number of carboxylic acid groups (broad SMARTS) is 1. The number of carbonyl (C=O) groups excluding carboxylic acids is 3. The molecule has 0 aliphatic heterocycles. The Bertz CT molecular complexity index is 1650. The maximum absolute atomic E-state index is 12.9. The van der Waals surface area contributed by atoms with Crippen LogP contribution in [0.5, 0.6) is 0 Å². The minimum Gasteiger partial charge on any atom is -0.545 e. The van der Waals surface area contributed by atoms with Gasteiger partial charge >= 0.3 is 11.9 Å². The molecule has 9 heteroatoms. The van der Waals surface area contributed by atoms with E-state index in [1.165, 1.54) is 154 Å². The molecule has 0 aromatic carbocycles. The lowest BCUT2D eigenvalue weighted by Crippen LogP contribution is -2.44. The molecule has 0 bridgehead atoms. The number of ether oxygens (including phenoxy) is 4. The number of rotatable bonds is 61. The van der Waals surface area contributed by atoms with Crippen molar-refractivity contribution in [2.75, 3.05) is 47.5 Å². The molecule has 0 fully saturated rings. The first-order chi connectivity index (χ1) is 39.6. The number of unbranched alkanes of at least 4 members (excludes halogenated alkanes) is 30. The largest absolute Gasteiger partial charge is 0.545 e. The Hall–Kier alpha value is -3.79. The van der Waals surface area contributed by atoms with Crippen LogP contribution in [0.3, 0.4) is 0 Å². The van der Waals surface area contributed by atoms with E-state index in [0.717, 1.165) is 96.3 Å². The highest BCUT2D eigenvalue weighted by Crippen LogP contribution is 2.17. The van der Waals surface area contributed by atoms with Gasteiger partial charge in [-0.2, -0.15) is 0 Å². The molecule has 0 saturated carbocycles. The van der Waals surface area contributed by atoms with Crippen molar-refractivity contribution in [3.05, 3.63) is 97.2 Å². The number of hydrogen-bond donors (Lipinski definition) is 0. The van der Waals surface area contributed by atoms with E-state index in [1.807, 2.05) is 21.1 Å². The molecule has 466 valence electrons. The van der Waals surface area contributed by atoms with Gasteiger partial charge in [-0.05, 0) is 89.9 Å². The fourth-order valence-corrected chi connectivity index (χ4v) is 9.29. The summed E-state index contributed by atoms with van der Waals surface area (Å²) in [6.45, 7) is 4.53. The van der Waals surface area contributed by atoms with Gasteiger partial charge in [0.05, 0.1) is 40.3 Å². The summed E-state index contributed by atoms with van der Waals surface area (Å²) < 4.78 is 22.7. The minimum atomic E-state index is -1.63. The van der Waals surface area contributed by atoms with E-state index in [0.29, 0.717) is 17.4 Å². The van der Waals surface area contributed by atoms with E-state index < -0.39 is 24.3 Å². The number of hydrogen-bond acceptors (Lipinski definition) is 8. The van der Waals surface area contributed by atoms with Crippen molar-refractivity contribution in [3.63, 3.8) is 0 Å². The quantitative estimate of drug-likeness (QED) is 0.0195. The molecule has 0 spiro atoms. The van der Waals surface area contributed by atoms with Crippen molar-refractivity contribution in [3.8, 4) is 0 Å². The molecule has 0 rings (SSSR count). The van der Waals surface area contributed by atoms with Crippen LogP contribution < -0.4 is 5.11 Å². The van der Waals surface area contributed by atoms with Crippen LogP contribution in [0, 0.1) is 0 Å². The lowest BCUT2D eigenvalue weighted by atomic mass is 10.0. The normalized spacial score (nSPS) is 13.3. The van der Waals surface area contributed by atoms with Gasteiger partial charge in [-0.25, -0.2) is 0 Å². The highest BCUT2D eigenvalue weighted by molar-refractivity contribution is 5.70. The van der Waals surface area contributed by atoms with Crippen LogP contribution in [0.2, 0.25) is 0 Å².